The van der Waals surface area contributed by atoms with Gasteiger partial charge in [0.2, 0.25) is 5.91 Å². The molecule has 0 aliphatic carbocycles. The van der Waals surface area contributed by atoms with Gasteiger partial charge in [-0.05, 0) is 68.1 Å². The third kappa shape index (κ3) is 4.39. The van der Waals surface area contributed by atoms with Crippen LogP contribution in [0.1, 0.15) is 22.3 Å². The molecule has 0 fully saturated rings. The Morgan fingerprint density at radius 3 is 2.00 bits per heavy atom. The molecule has 30 heavy (non-hydrogen) atoms. The Hall–Kier alpha value is -3.12. The van der Waals surface area contributed by atoms with Crippen molar-refractivity contribution in [1.29, 1.82) is 0 Å². The Kier molecular flexibility index (Phi) is 6.27. The van der Waals surface area contributed by atoms with Gasteiger partial charge in [-0.25, -0.2) is 8.42 Å². The first kappa shape index (κ1) is 21.6. The lowest BCUT2D eigenvalue weighted by atomic mass is 10.1. The van der Waals surface area contributed by atoms with Gasteiger partial charge in [0.15, 0.2) is 0 Å². The van der Waals surface area contributed by atoms with E-state index >= 15 is 0 Å². The van der Waals surface area contributed by atoms with Crippen molar-refractivity contribution >= 4 is 27.3 Å². The zero-order valence-electron chi connectivity index (χ0n) is 17.6. The van der Waals surface area contributed by atoms with E-state index in [0.717, 1.165) is 22.3 Å². The van der Waals surface area contributed by atoms with Gasteiger partial charge in [0, 0.05) is 5.69 Å². The van der Waals surface area contributed by atoms with Crippen LogP contribution in [0, 0.1) is 27.7 Å². The van der Waals surface area contributed by atoms with E-state index in [9.17, 15) is 13.2 Å². The zero-order chi connectivity index (χ0) is 21.9. The maximum atomic E-state index is 13.5. The molecule has 3 rings (SSSR count). The predicted molar refractivity (Wildman–Crippen MR) is 121 cm³/mol. The van der Waals surface area contributed by atoms with E-state index < -0.39 is 15.9 Å². The van der Waals surface area contributed by atoms with Crippen molar-refractivity contribution in [1.82, 2.24) is 0 Å². The van der Waals surface area contributed by atoms with Gasteiger partial charge in [-0.1, -0.05) is 48.5 Å². The highest BCUT2D eigenvalue weighted by atomic mass is 32.2. The summed E-state index contributed by atoms with van der Waals surface area (Å²) in [5, 5.41) is 2.89. The van der Waals surface area contributed by atoms with Crippen molar-refractivity contribution in [3.05, 3.63) is 89.0 Å². The monoisotopic (exact) mass is 422 g/mol. The average molecular weight is 423 g/mol. The molecule has 0 saturated heterocycles. The summed E-state index contributed by atoms with van der Waals surface area (Å²) in [6.45, 7) is 7.28. The van der Waals surface area contributed by atoms with Crippen LogP contribution in [0.4, 0.5) is 11.4 Å². The van der Waals surface area contributed by atoms with E-state index in [1.54, 1.807) is 30.3 Å². The van der Waals surface area contributed by atoms with E-state index in [2.05, 4.69) is 5.32 Å². The van der Waals surface area contributed by atoms with Crippen molar-refractivity contribution in [3.63, 3.8) is 0 Å². The molecular formula is C24H26N2O3S. The number of para-hydroxylation sites is 1. The van der Waals surface area contributed by atoms with Crippen LogP contribution in [0.15, 0.2) is 71.6 Å². The number of anilines is 2. The quantitative estimate of drug-likeness (QED) is 0.623. The largest absolute Gasteiger partial charge is 0.324 e. The van der Waals surface area contributed by atoms with E-state index in [4.69, 9.17) is 0 Å². The van der Waals surface area contributed by atoms with Gasteiger partial charge in [0.05, 0.1) is 10.6 Å². The maximum absolute atomic E-state index is 13.5. The van der Waals surface area contributed by atoms with Gasteiger partial charge in [-0.15, -0.1) is 0 Å². The van der Waals surface area contributed by atoms with E-state index in [1.807, 2.05) is 52.0 Å². The van der Waals surface area contributed by atoms with Crippen molar-refractivity contribution in [2.24, 2.45) is 0 Å². The molecule has 0 aliphatic heterocycles. The van der Waals surface area contributed by atoms with Crippen LogP contribution in [0.3, 0.4) is 0 Å². The number of carbonyl (C=O) groups is 1. The van der Waals surface area contributed by atoms with Crippen LogP contribution >= 0.6 is 0 Å². The summed E-state index contributed by atoms with van der Waals surface area (Å²) in [5.74, 6) is -0.396. The lowest BCUT2D eigenvalue weighted by Gasteiger charge is -2.26. The fraction of sp³-hybridized carbons (Fsp3) is 0.208. The third-order valence-electron chi connectivity index (χ3n) is 5.21. The molecular weight excluding hydrogens is 396 g/mol. The average Bonchev–Trinajstić information content (AvgIpc) is 2.72. The van der Waals surface area contributed by atoms with Crippen LogP contribution in [0.25, 0.3) is 0 Å². The number of hydrogen-bond acceptors (Lipinski definition) is 3. The molecule has 1 N–H and O–H groups in total. The van der Waals surface area contributed by atoms with Gasteiger partial charge in [0.25, 0.3) is 10.0 Å². The Morgan fingerprint density at radius 2 is 1.37 bits per heavy atom. The zero-order valence-corrected chi connectivity index (χ0v) is 18.5. The molecule has 156 valence electrons. The number of hydrogen-bond donors (Lipinski definition) is 1. The molecule has 0 spiro atoms. The standard InChI is InChI=1S/C24H26N2O3S/c1-17-10-9-15-22(20(17)4)26(30(28,29)21-13-6-5-7-14-21)16-23(27)25-24-18(2)11-8-12-19(24)3/h5-15H,16H2,1-4H3,(H,25,27). The molecule has 0 atom stereocenters. The Balaban J connectivity index is 2.02. The normalized spacial score (nSPS) is 11.2. The maximum Gasteiger partial charge on any atom is 0.264 e. The molecule has 0 unspecified atom stereocenters. The number of aryl methyl sites for hydroxylation is 3. The fourth-order valence-corrected chi connectivity index (χ4v) is 4.85. The smallest absolute Gasteiger partial charge is 0.264 e. The molecule has 3 aromatic rings. The molecule has 0 bridgehead atoms. The minimum atomic E-state index is -3.93. The Bertz CT molecular complexity index is 1150. The van der Waals surface area contributed by atoms with Crippen LogP contribution in [0.2, 0.25) is 0 Å². The van der Waals surface area contributed by atoms with Gasteiger partial charge in [-0.3, -0.25) is 9.10 Å². The summed E-state index contributed by atoms with van der Waals surface area (Å²) in [4.78, 5) is 13.1. The summed E-state index contributed by atoms with van der Waals surface area (Å²) in [6, 6.07) is 19.4. The number of amides is 1. The van der Waals surface area contributed by atoms with E-state index in [-0.39, 0.29) is 11.4 Å². The first-order chi connectivity index (χ1) is 14.2. The minimum absolute atomic E-state index is 0.144. The molecule has 5 nitrogen and oxygen atoms in total. The van der Waals surface area contributed by atoms with Gasteiger partial charge < -0.3 is 5.32 Å². The van der Waals surface area contributed by atoms with Crippen LogP contribution < -0.4 is 9.62 Å². The lowest BCUT2D eigenvalue weighted by Crippen LogP contribution is -2.38. The van der Waals surface area contributed by atoms with Gasteiger partial charge in [0.1, 0.15) is 6.54 Å². The number of rotatable bonds is 6. The predicted octanol–water partition coefficient (Wildman–Crippen LogP) is 4.75. The molecule has 3 aromatic carbocycles. The summed E-state index contributed by atoms with van der Waals surface area (Å²) in [5.41, 5.74) is 4.82. The third-order valence-corrected chi connectivity index (χ3v) is 6.98. The lowest BCUT2D eigenvalue weighted by molar-refractivity contribution is -0.114. The second-order valence-electron chi connectivity index (χ2n) is 7.36. The summed E-state index contributed by atoms with van der Waals surface area (Å²) in [6.07, 6.45) is 0. The van der Waals surface area contributed by atoms with Crippen LogP contribution in [0.5, 0.6) is 0 Å². The number of nitrogens with zero attached hydrogens (tertiary/aromatic N) is 1. The van der Waals surface area contributed by atoms with Crippen molar-refractivity contribution in [2.75, 3.05) is 16.2 Å². The summed E-state index contributed by atoms with van der Waals surface area (Å²) >= 11 is 0. The Labute approximate surface area is 178 Å². The van der Waals surface area contributed by atoms with E-state index in [1.165, 1.54) is 16.4 Å². The van der Waals surface area contributed by atoms with Gasteiger partial charge >= 0.3 is 0 Å². The first-order valence-corrected chi connectivity index (χ1v) is 11.2. The number of sulfonamides is 1. The highest BCUT2D eigenvalue weighted by Gasteiger charge is 2.28. The minimum Gasteiger partial charge on any atom is -0.324 e. The first-order valence-electron chi connectivity index (χ1n) is 9.72. The number of nitrogens with one attached hydrogen (secondary N) is 1. The second-order valence-corrected chi connectivity index (χ2v) is 9.22. The Morgan fingerprint density at radius 1 is 0.800 bits per heavy atom. The molecule has 0 heterocycles. The highest BCUT2D eigenvalue weighted by Crippen LogP contribution is 2.29. The number of carbonyl (C=O) groups excluding carboxylic acids is 1. The summed E-state index contributed by atoms with van der Waals surface area (Å²) in [7, 11) is -3.93. The van der Waals surface area contributed by atoms with E-state index in [0.29, 0.717) is 11.4 Å². The molecule has 0 aliphatic rings. The number of benzene rings is 3. The fourth-order valence-electron chi connectivity index (χ4n) is 3.35. The van der Waals surface area contributed by atoms with Crippen molar-refractivity contribution < 1.29 is 13.2 Å². The van der Waals surface area contributed by atoms with Crippen LogP contribution in [-0.2, 0) is 14.8 Å². The van der Waals surface area contributed by atoms with Crippen molar-refractivity contribution in [3.8, 4) is 0 Å². The SMILES string of the molecule is Cc1cccc(N(CC(=O)Nc2c(C)cccc2C)S(=O)(=O)c2ccccc2)c1C. The second kappa shape index (κ2) is 8.71. The van der Waals surface area contributed by atoms with Crippen LogP contribution in [-0.4, -0.2) is 20.9 Å². The van der Waals surface area contributed by atoms with Gasteiger partial charge in [-0.2, -0.15) is 0 Å². The van der Waals surface area contributed by atoms with Crippen molar-refractivity contribution in [2.45, 2.75) is 32.6 Å². The molecule has 0 aromatic heterocycles. The molecule has 1 amide bonds. The molecule has 6 heteroatoms. The highest BCUT2D eigenvalue weighted by molar-refractivity contribution is 7.92. The summed E-state index contributed by atoms with van der Waals surface area (Å²) < 4.78 is 28.1. The topological polar surface area (TPSA) is 66.5 Å². The molecule has 0 saturated carbocycles. The molecule has 0 radical (unpaired) electrons.